The van der Waals surface area contributed by atoms with Gasteiger partial charge in [0.15, 0.2) is 0 Å². The summed E-state index contributed by atoms with van der Waals surface area (Å²) in [4.78, 5) is 0. The molecule has 0 amide bonds. The maximum atomic E-state index is 5.77. The van der Waals surface area contributed by atoms with Crippen LogP contribution in [0.3, 0.4) is 0 Å². The summed E-state index contributed by atoms with van der Waals surface area (Å²) in [5.41, 5.74) is 1.54. The van der Waals surface area contributed by atoms with Gasteiger partial charge >= 0.3 is 0 Å². The maximum absolute atomic E-state index is 5.77. The topological polar surface area (TPSA) is 21.3 Å². The lowest BCUT2D eigenvalue weighted by molar-refractivity contribution is -0.0631. The Morgan fingerprint density at radius 3 is 2.72 bits per heavy atom. The van der Waals surface area contributed by atoms with Crippen LogP contribution in [-0.2, 0) is 4.74 Å². The van der Waals surface area contributed by atoms with E-state index < -0.39 is 0 Å². The van der Waals surface area contributed by atoms with Gasteiger partial charge in [-0.15, -0.1) is 0 Å². The lowest BCUT2D eigenvalue weighted by Gasteiger charge is -2.36. The van der Waals surface area contributed by atoms with Crippen LogP contribution in [0.15, 0.2) is 30.3 Å². The molecule has 3 rings (SSSR count). The van der Waals surface area contributed by atoms with Crippen molar-refractivity contribution < 1.29 is 4.74 Å². The predicted octanol–water partition coefficient (Wildman–Crippen LogP) is 3.09. The first-order valence-corrected chi connectivity index (χ1v) is 7.09. The second kappa shape index (κ2) is 4.67. The third kappa shape index (κ3) is 2.76. The quantitative estimate of drug-likeness (QED) is 0.883. The fourth-order valence-corrected chi connectivity index (χ4v) is 3.12. The minimum atomic E-state index is 0.0487. The molecule has 0 aromatic heterocycles. The smallest absolute Gasteiger partial charge is 0.0641 e. The summed E-state index contributed by atoms with van der Waals surface area (Å²) in [6, 6.07) is 12.2. The number of ether oxygens (including phenoxy) is 1. The fraction of sp³-hybridized carbons (Fsp3) is 0.625. The van der Waals surface area contributed by atoms with Crippen molar-refractivity contribution in [2.24, 2.45) is 0 Å². The third-order valence-electron chi connectivity index (χ3n) is 4.17. The Bertz CT molecular complexity index is 401. The van der Waals surface area contributed by atoms with E-state index in [4.69, 9.17) is 4.74 Å². The van der Waals surface area contributed by atoms with Gasteiger partial charge in [0, 0.05) is 24.6 Å². The van der Waals surface area contributed by atoms with Crippen LogP contribution in [0.2, 0.25) is 0 Å². The SMILES string of the molecule is CC1(C)CC(NC2CC2c2ccccc2)CCO1. The van der Waals surface area contributed by atoms with Gasteiger partial charge in [0.25, 0.3) is 0 Å². The molecule has 1 saturated heterocycles. The van der Waals surface area contributed by atoms with Gasteiger partial charge < -0.3 is 10.1 Å². The molecule has 1 aromatic carbocycles. The maximum Gasteiger partial charge on any atom is 0.0641 e. The molecule has 1 N–H and O–H groups in total. The Kier molecular flexibility index (Phi) is 3.16. The lowest BCUT2D eigenvalue weighted by Crippen LogP contribution is -2.44. The summed E-state index contributed by atoms with van der Waals surface area (Å²) in [5.74, 6) is 0.733. The average Bonchev–Trinajstić information content (AvgIpc) is 3.08. The average molecular weight is 245 g/mol. The van der Waals surface area contributed by atoms with Crippen molar-refractivity contribution >= 4 is 0 Å². The summed E-state index contributed by atoms with van der Waals surface area (Å²) in [5, 5.41) is 3.82. The molecule has 3 unspecified atom stereocenters. The summed E-state index contributed by atoms with van der Waals surface area (Å²) in [7, 11) is 0. The van der Waals surface area contributed by atoms with Crippen LogP contribution in [0.1, 0.15) is 44.6 Å². The summed E-state index contributed by atoms with van der Waals surface area (Å²) < 4.78 is 5.77. The van der Waals surface area contributed by atoms with Crippen LogP contribution in [0.4, 0.5) is 0 Å². The van der Waals surface area contributed by atoms with Gasteiger partial charge in [-0.1, -0.05) is 30.3 Å². The molecule has 1 heterocycles. The second-order valence-electron chi connectivity index (χ2n) is 6.32. The monoisotopic (exact) mass is 245 g/mol. The Balaban J connectivity index is 1.54. The molecule has 0 spiro atoms. The van der Waals surface area contributed by atoms with Crippen molar-refractivity contribution in [3.05, 3.63) is 35.9 Å². The first kappa shape index (κ1) is 12.2. The van der Waals surface area contributed by atoms with E-state index in [1.807, 2.05) is 0 Å². The van der Waals surface area contributed by atoms with Crippen LogP contribution in [-0.4, -0.2) is 24.3 Å². The second-order valence-corrected chi connectivity index (χ2v) is 6.32. The summed E-state index contributed by atoms with van der Waals surface area (Å²) >= 11 is 0. The zero-order valence-electron chi connectivity index (χ0n) is 11.4. The summed E-state index contributed by atoms with van der Waals surface area (Å²) in [6.45, 7) is 5.29. The number of benzene rings is 1. The molecule has 18 heavy (non-hydrogen) atoms. The molecule has 0 bridgehead atoms. The Labute approximate surface area is 110 Å². The lowest BCUT2D eigenvalue weighted by atomic mass is 9.94. The standard InChI is InChI=1S/C16H23NO/c1-16(2)11-13(8-9-18-16)17-15-10-14(15)12-6-4-3-5-7-12/h3-7,13-15,17H,8-11H2,1-2H3. The molecule has 2 fully saturated rings. The molecule has 1 aromatic rings. The van der Waals surface area contributed by atoms with Crippen molar-refractivity contribution in [2.75, 3.05) is 6.61 Å². The normalized spacial score (nSPS) is 34.2. The molecule has 98 valence electrons. The van der Waals surface area contributed by atoms with Crippen molar-refractivity contribution in [3.63, 3.8) is 0 Å². The number of rotatable bonds is 3. The van der Waals surface area contributed by atoms with Gasteiger partial charge in [-0.25, -0.2) is 0 Å². The van der Waals surface area contributed by atoms with Crippen LogP contribution < -0.4 is 5.32 Å². The zero-order chi connectivity index (χ0) is 12.6. The molecular weight excluding hydrogens is 222 g/mol. The first-order valence-electron chi connectivity index (χ1n) is 7.09. The molecule has 1 aliphatic carbocycles. The van der Waals surface area contributed by atoms with E-state index in [-0.39, 0.29) is 5.60 Å². The molecule has 2 nitrogen and oxygen atoms in total. The van der Waals surface area contributed by atoms with Crippen molar-refractivity contribution in [3.8, 4) is 0 Å². The molecule has 3 atom stereocenters. The minimum absolute atomic E-state index is 0.0487. The van der Waals surface area contributed by atoms with E-state index in [0.29, 0.717) is 12.1 Å². The predicted molar refractivity (Wildman–Crippen MR) is 73.8 cm³/mol. The number of hydrogen-bond acceptors (Lipinski definition) is 2. The van der Waals surface area contributed by atoms with Crippen LogP contribution >= 0.6 is 0 Å². The number of nitrogens with one attached hydrogen (secondary N) is 1. The highest BCUT2D eigenvalue weighted by Gasteiger charge is 2.40. The molecule has 2 aliphatic rings. The van der Waals surface area contributed by atoms with E-state index in [1.54, 1.807) is 0 Å². The Morgan fingerprint density at radius 1 is 1.22 bits per heavy atom. The van der Waals surface area contributed by atoms with Gasteiger partial charge in [-0.2, -0.15) is 0 Å². The highest BCUT2D eigenvalue weighted by Crippen LogP contribution is 2.41. The molecule has 2 heteroatoms. The van der Waals surface area contributed by atoms with E-state index >= 15 is 0 Å². The van der Waals surface area contributed by atoms with Gasteiger partial charge in [-0.3, -0.25) is 0 Å². The fourth-order valence-electron chi connectivity index (χ4n) is 3.12. The van der Waals surface area contributed by atoms with Gasteiger partial charge in [0.1, 0.15) is 0 Å². The largest absolute Gasteiger partial charge is 0.375 e. The Morgan fingerprint density at radius 2 is 2.00 bits per heavy atom. The van der Waals surface area contributed by atoms with Gasteiger partial charge in [0.2, 0.25) is 0 Å². The summed E-state index contributed by atoms with van der Waals surface area (Å²) in [6.07, 6.45) is 3.58. The minimum Gasteiger partial charge on any atom is -0.375 e. The Hall–Kier alpha value is -0.860. The van der Waals surface area contributed by atoms with Gasteiger partial charge in [0.05, 0.1) is 5.60 Å². The zero-order valence-corrected chi connectivity index (χ0v) is 11.4. The van der Waals surface area contributed by atoms with Crippen LogP contribution in [0.25, 0.3) is 0 Å². The van der Waals surface area contributed by atoms with Crippen LogP contribution in [0.5, 0.6) is 0 Å². The molecular formula is C16H23NO. The highest BCUT2D eigenvalue weighted by molar-refractivity contribution is 5.27. The van der Waals surface area contributed by atoms with Crippen molar-refractivity contribution in [1.82, 2.24) is 5.32 Å². The van der Waals surface area contributed by atoms with E-state index in [2.05, 4.69) is 49.5 Å². The first-order chi connectivity index (χ1) is 8.64. The molecule has 1 aliphatic heterocycles. The number of hydrogen-bond donors (Lipinski definition) is 1. The third-order valence-corrected chi connectivity index (χ3v) is 4.17. The van der Waals surface area contributed by atoms with E-state index in [0.717, 1.165) is 25.4 Å². The highest BCUT2D eigenvalue weighted by atomic mass is 16.5. The van der Waals surface area contributed by atoms with E-state index in [9.17, 15) is 0 Å². The van der Waals surface area contributed by atoms with Crippen molar-refractivity contribution in [2.45, 2.75) is 56.7 Å². The van der Waals surface area contributed by atoms with Gasteiger partial charge in [-0.05, 0) is 38.7 Å². The molecule has 0 radical (unpaired) electrons. The van der Waals surface area contributed by atoms with E-state index in [1.165, 1.54) is 12.0 Å². The van der Waals surface area contributed by atoms with Crippen molar-refractivity contribution in [1.29, 1.82) is 0 Å². The van der Waals surface area contributed by atoms with Crippen LogP contribution in [0, 0.1) is 0 Å². The molecule has 1 saturated carbocycles.